The molecule has 10 nitrogen and oxygen atoms in total. The molecule has 3 N–H and O–H groups in total. The molecular formula is C22H18N8O2. The van der Waals surface area contributed by atoms with E-state index in [9.17, 15) is 9.59 Å². The molecule has 0 unspecified atom stereocenters. The van der Waals surface area contributed by atoms with Gasteiger partial charge < -0.3 is 11.1 Å². The Kier molecular flexibility index (Phi) is 4.79. The maximum Gasteiger partial charge on any atom is 0.271 e. The first-order valence-corrected chi connectivity index (χ1v) is 9.92. The van der Waals surface area contributed by atoms with Crippen molar-refractivity contribution in [1.29, 1.82) is 0 Å². The van der Waals surface area contributed by atoms with Crippen LogP contribution in [-0.4, -0.2) is 47.3 Å². The maximum atomic E-state index is 13.1. The summed E-state index contributed by atoms with van der Waals surface area (Å²) in [5.41, 5.74) is 8.06. The van der Waals surface area contributed by atoms with Crippen LogP contribution < -0.4 is 11.1 Å². The van der Waals surface area contributed by atoms with Gasteiger partial charge in [0.05, 0.1) is 5.69 Å². The summed E-state index contributed by atoms with van der Waals surface area (Å²) in [7, 11) is 0. The Labute approximate surface area is 181 Å². The van der Waals surface area contributed by atoms with E-state index in [4.69, 9.17) is 5.73 Å². The molecule has 4 heterocycles. The first kappa shape index (κ1) is 19.4. The Bertz CT molecular complexity index is 1460. The van der Waals surface area contributed by atoms with Crippen LogP contribution in [0.4, 0.5) is 0 Å². The topological polar surface area (TPSA) is 133 Å². The molecule has 0 radical (unpaired) electrons. The smallest absolute Gasteiger partial charge is 0.271 e. The number of hydrogen-bond acceptors (Lipinski definition) is 6. The first-order valence-electron chi connectivity index (χ1n) is 9.92. The molecule has 0 spiro atoms. The summed E-state index contributed by atoms with van der Waals surface area (Å²) in [5.74, 6) is -0.309. The number of rotatable bonds is 6. The van der Waals surface area contributed by atoms with E-state index in [0.717, 1.165) is 17.0 Å². The Morgan fingerprint density at radius 3 is 2.62 bits per heavy atom. The lowest BCUT2D eigenvalue weighted by Crippen LogP contribution is -2.28. The zero-order valence-corrected chi connectivity index (χ0v) is 16.8. The van der Waals surface area contributed by atoms with Crippen LogP contribution in [0.1, 0.15) is 26.8 Å². The number of amides is 2. The van der Waals surface area contributed by atoms with E-state index in [1.165, 1.54) is 10.7 Å². The number of hydrogen-bond donors (Lipinski definition) is 2. The predicted molar refractivity (Wildman–Crippen MR) is 116 cm³/mol. The highest BCUT2D eigenvalue weighted by Gasteiger charge is 2.19. The largest absolute Gasteiger partial charge is 0.364 e. The summed E-state index contributed by atoms with van der Waals surface area (Å²) in [6, 6.07) is 16.7. The van der Waals surface area contributed by atoms with Crippen LogP contribution in [0.25, 0.3) is 22.6 Å². The van der Waals surface area contributed by atoms with Crippen molar-refractivity contribution >= 4 is 23.1 Å². The van der Waals surface area contributed by atoms with Crippen molar-refractivity contribution in [1.82, 2.24) is 34.3 Å². The highest BCUT2D eigenvalue weighted by Crippen LogP contribution is 2.21. The van der Waals surface area contributed by atoms with E-state index in [-0.39, 0.29) is 17.2 Å². The number of primary amides is 1. The highest BCUT2D eigenvalue weighted by molar-refractivity contribution is 5.99. The Morgan fingerprint density at radius 2 is 1.81 bits per heavy atom. The van der Waals surface area contributed by atoms with Crippen molar-refractivity contribution in [2.75, 3.05) is 6.54 Å². The van der Waals surface area contributed by atoms with Crippen LogP contribution in [0.2, 0.25) is 0 Å². The van der Waals surface area contributed by atoms with Crippen molar-refractivity contribution in [2.24, 2.45) is 5.73 Å². The summed E-state index contributed by atoms with van der Waals surface area (Å²) in [6.45, 7) is 0.344. The van der Waals surface area contributed by atoms with E-state index in [1.54, 1.807) is 6.07 Å². The van der Waals surface area contributed by atoms with Crippen LogP contribution in [-0.2, 0) is 6.42 Å². The molecule has 0 atom stereocenters. The van der Waals surface area contributed by atoms with Gasteiger partial charge in [0, 0.05) is 24.7 Å². The fourth-order valence-corrected chi connectivity index (χ4v) is 3.52. The van der Waals surface area contributed by atoms with Crippen LogP contribution in [0.3, 0.4) is 0 Å². The lowest BCUT2D eigenvalue weighted by atomic mass is 10.1. The molecule has 0 aliphatic carbocycles. The van der Waals surface area contributed by atoms with Crippen molar-refractivity contribution in [3.8, 4) is 11.3 Å². The number of nitrogens with zero attached hydrogens (tertiary/aromatic N) is 6. The first-order chi connectivity index (χ1) is 15.6. The third-order valence-electron chi connectivity index (χ3n) is 5.06. The van der Waals surface area contributed by atoms with Crippen LogP contribution in [0.15, 0.2) is 67.1 Å². The third-order valence-corrected chi connectivity index (χ3v) is 5.06. The lowest BCUT2D eigenvalue weighted by Gasteiger charge is -2.10. The molecule has 158 valence electrons. The standard InChI is InChI=1S/C22H18N8O2/c23-20(31)19-21-26-15(14-6-2-1-3-7-14)12-16(30(21)13-25-19)22(32)24-10-9-18-28-27-17-8-4-5-11-29(17)18/h1-8,11-13H,9-10H2,(H2,23,31)(H,24,32). The monoisotopic (exact) mass is 426 g/mol. The molecule has 0 saturated carbocycles. The highest BCUT2D eigenvalue weighted by atomic mass is 16.2. The number of fused-ring (bicyclic) bond motifs is 2. The molecule has 1 aromatic carbocycles. The van der Waals surface area contributed by atoms with Crippen LogP contribution in [0, 0.1) is 0 Å². The van der Waals surface area contributed by atoms with Gasteiger partial charge in [-0.1, -0.05) is 36.4 Å². The third kappa shape index (κ3) is 3.43. The van der Waals surface area contributed by atoms with Crippen molar-refractivity contribution < 1.29 is 9.59 Å². The summed E-state index contributed by atoms with van der Waals surface area (Å²) in [5, 5.41) is 11.2. The summed E-state index contributed by atoms with van der Waals surface area (Å²) < 4.78 is 3.34. The molecule has 0 fully saturated rings. The van der Waals surface area contributed by atoms with Gasteiger partial charge in [0.15, 0.2) is 17.0 Å². The fourth-order valence-electron chi connectivity index (χ4n) is 3.52. The van der Waals surface area contributed by atoms with Gasteiger partial charge in [0.1, 0.15) is 17.8 Å². The van der Waals surface area contributed by atoms with Gasteiger partial charge in [0.2, 0.25) is 0 Å². The van der Waals surface area contributed by atoms with Crippen molar-refractivity contribution in [3.05, 3.63) is 84.3 Å². The van der Waals surface area contributed by atoms with Gasteiger partial charge in [-0.05, 0) is 18.2 Å². The number of aromatic nitrogens is 6. The number of imidazole rings is 1. The number of carbonyl (C=O) groups excluding carboxylic acids is 2. The molecule has 5 aromatic rings. The minimum atomic E-state index is -0.713. The molecule has 0 bridgehead atoms. The number of carbonyl (C=O) groups is 2. The zero-order valence-electron chi connectivity index (χ0n) is 16.8. The number of benzene rings is 1. The van der Waals surface area contributed by atoms with Gasteiger partial charge in [-0.2, -0.15) is 0 Å². The van der Waals surface area contributed by atoms with Crippen LogP contribution in [0.5, 0.6) is 0 Å². The minimum Gasteiger partial charge on any atom is -0.364 e. The van der Waals surface area contributed by atoms with Gasteiger partial charge >= 0.3 is 0 Å². The minimum absolute atomic E-state index is 0.00626. The fraction of sp³-hybridized carbons (Fsp3) is 0.0909. The summed E-state index contributed by atoms with van der Waals surface area (Å²) in [6.07, 6.45) is 3.74. The van der Waals surface area contributed by atoms with E-state index in [0.29, 0.717) is 24.4 Å². The summed E-state index contributed by atoms with van der Waals surface area (Å²) >= 11 is 0. The zero-order chi connectivity index (χ0) is 22.1. The number of nitrogens with one attached hydrogen (secondary N) is 1. The average Bonchev–Trinajstić information content (AvgIpc) is 3.43. The van der Waals surface area contributed by atoms with Crippen molar-refractivity contribution in [2.45, 2.75) is 6.42 Å². The van der Waals surface area contributed by atoms with Gasteiger partial charge in [-0.15, -0.1) is 10.2 Å². The molecule has 10 heteroatoms. The number of pyridine rings is 1. The Hall–Kier alpha value is -4.60. The molecule has 0 aliphatic rings. The Morgan fingerprint density at radius 1 is 1.00 bits per heavy atom. The van der Waals surface area contributed by atoms with E-state index < -0.39 is 5.91 Å². The summed E-state index contributed by atoms with van der Waals surface area (Å²) in [4.78, 5) is 33.4. The SMILES string of the molecule is NC(=O)c1ncn2c(C(=O)NCCc3nnc4ccccn34)cc(-c3ccccc3)nc12. The van der Waals surface area contributed by atoms with E-state index in [2.05, 4.69) is 25.5 Å². The van der Waals surface area contributed by atoms with E-state index >= 15 is 0 Å². The molecular weight excluding hydrogens is 408 g/mol. The lowest BCUT2D eigenvalue weighted by molar-refractivity contribution is 0.0945. The molecule has 5 rings (SSSR count). The Balaban J connectivity index is 1.45. The van der Waals surface area contributed by atoms with E-state index in [1.807, 2.05) is 59.1 Å². The quantitative estimate of drug-likeness (QED) is 0.423. The van der Waals surface area contributed by atoms with Gasteiger partial charge in [-0.25, -0.2) is 9.97 Å². The molecule has 2 amide bonds. The predicted octanol–water partition coefficient (Wildman–Crippen LogP) is 1.51. The molecule has 0 aliphatic heterocycles. The second-order valence-electron chi connectivity index (χ2n) is 7.09. The van der Waals surface area contributed by atoms with Gasteiger partial charge in [-0.3, -0.25) is 18.4 Å². The van der Waals surface area contributed by atoms with Crippen molar-refractivity contribution in [3.63, 3.8) is 0 Å². The molecule has 4 aromatic heterocycles. The average molecular weight is 426 g/mol. The second kappa shape index (κ2) is 7.91. The number of nitrogens with two attached hydrogens (primary N) is 1. The van der Waals surface area contributed by atoms with Gasteiger partial charge in [0.25, 0.3) is 11.8 Å². The second-order valence-corrected chi connectivity index (χ2v) is 7.09. The molecule has 0 saturated heterocycles. The normalized spacial score (nSPS) is 11.1. The maximum absolute atomic E-state index is 13.1. The molecule has 32 heavy (non-hydrogen) atoms. The van der Waals surface area contributed by atoms with Crippen LogP contribution >= 0.6 is 0 Å².